The highest BCUT2D eigenvalue weighted by Crippen LogP contribution is 2.33. The number of nitrogens with zero attached hydrogens (tertiary/aromatic N) is 2. The summed E-state index contributed by atoms with van der Waals surface area (Å²) < 4.78 is 6.92. The number of benzene rings is 1. The van der Waals surface area contributed by atoms with Crippen molar-refractivity contribution in [1.82, 2.24) is 20.6 Å². The Labute approximate surface area is 195 Å². The molecule has 0 radical (unpaired) electrons. The number of hydrogen-bond acceptors (Lipinski definition) is 8. The number of anilines is 1. The number of aromatic nitrogens is 2. The summed E-state index contributed by atoms with van der Waals surface area (Å²) in [6, 6.07) is 8.91. The van der Waals surface area contributed by atoms with Crippen LogP contribution in [0.5, 0.6) is 11.5 Å². The number of aliphatic hydroxyl groups excluding tert-OH is 1. The van der Waals surface area contributed by atoms with Crippen LogP contribution in [0.4, 0.5) is 5.13 Å². The molecule has 33 heavy (non-hydrogen) atoms. The zero-order valence-electron chi connectivity index (χ0n) is 18.3. The minimum atomic E-state index is -0.343. The summed E-state index contributed by atoms with van der Waals surface area (Å²) >= 11 is 1.52. The Morgan fingerprint density at radius 2 is 1.91 bits per heavy atom. The maximum atomic E-state index is 12.3. The maximum absolute atomic E-state index is 12.3. The Hall–Kier alpha value is -3.24. The summed E-state index contributed by atoms with van der Waals surface area (Å²) in [4.78, 5) is 31.9. The quantitative estimate of drug-likeness (QED) is 0.374. The van der Waals surface area contributed by atoms with Gasteiger partial charge in [0.25, 0.3) is 5.91 Å². The lowest BCUT2D eigenvalue weighted by molar-refractivity contribution is -0.118. The predicted molar refractivity (Wildman–Crippen MR) is 127 cm³/mol. The Morgan fingerprint density at radius 3 is 2.73 bits per heavy atom. The highest BCUT2D eigenvalue weighted by Gasteiger charge is 2.23. The van der Waals surface area contributed by atoms with Crippen molar-refractivity contribution in [3.63, 3.8) is 0 Å². The van der Waals surface area contributed by atoms with E-state index in [0.29, 0.717) is 24.6 Å². The van der Waals surface area contributed by atoms with E-state index in [1.165, 1.54) is 24.5 Å². The van der Waals surface area contributed by atoms with E-state index in [4.69, 9.17) is 4.74 Å². The highest BCUT2D eigenvalue weighted by molar-refractivity contribution is 7.22. The summed E-state index contributed by atoms with van der Waals surface area (Å²) in [6.45, 7) is 2.08. The number of amides is 2. The highest BCUT2D eigenvalue weighted by atomic mass is 32.1. The smallest absolute Gasteiger partial charge is 0.270 e. The van der Waals surface area contributed by atoms with E-state index in [1.54, 1.807) is 12.1 Å². The molecule has 2 heterocycles. The predicted octanol–water partition coefficient (Wildman–Crippen LogP) is 3.06. The first-order valence-corrected chi connectivity index (χ1v) is 11.8. The van der Waals surface area contributed by atoms with Gasteiger partial charge in [-0.15, -0.1) is 0 Å². The van der Waals surface area contributed by atoms with Crippen molar-refractivity contribution < 1.29 is 19.4 Å². The van der Waals surface area contributed by atoms with Crippen LogP contribution >= 0.6 is 11.3 Å². The average molecular weight is 470 g/mol. The van der Waals surface area contributed by atoms with Crippen LogP contribution in [-0.4, -0.2) is 52.1 Å². The molecule has 0 unspecified atom stereocenters. The molecule has 1 fully saturated rings. The molecule has 9 nitrogen and oxygen atoms in total. The lowest BCUT2D eigenvalue weighted by atomic mass is 9.93. The van der Waals surface area contributed by atoms with Crippen LogP contribution in [0.2, 0.25) is 0 Å². The zero-order chi connectivity index (χ0) is 23.2. The first kappa shape index (κ1) is 22.9. The van der Waals surface area contributed by atoms with E-state index in [1.807, 2.05) is 18.2 Å². The van der Waals surface area contributed by atoms with E-state index in [-0.39, 0.29) is 29.7 Å². The van der Waals surface area contributed by atoms with E-state index in [9.17, 15) is 14.7 Å². The van der Waals surface area contributed by atoms with Crippen molar-refractivity contribution in [2.75, 3.05) is 18.4 Å². The first-order valence-electron chi connectivity index (χ1n) is 11.0. The molecule has 10 heteroatoms. The second-order valence-electron chi connectivity index (χ2n) is 7.97. The summed E-state index contributed by atoms with van der Waals surface area (Å²) in [6.07, 6.45) is 5.11. The Bertz CT molecular complexity index is 1130. The number of hydrogen-bond donors (Lipinski definition) is 4. The van der Waals surface area contributed by atoms with Gasteiger partial charge in [0.05, 0.1) is 22.4 Å². The van der Waals surface area contributed by atoms with Gasteiger partial charge in [-0.25, -0.2) is 4.98 Å². The second kappa shape index (κ2) is 10.6. The largest absolute Gasteiger partial charge is 0.457 e. The van der Waals surface area contributed by atoms with Crippen LogP contribution in [0.1, 0.15) is 43.1 Å². The molecule has 1 aromatic carbocycles. The van der Waals surface area contributed by atoms with Gasteiger partial charge in [-0.2, -0.15) is 0 Å². The number of thiazole rings is 1. The van der Waals surface area contributed by atoms with E-state index in [0.717, 1.165) is 41.0 Å². The average Bonchev–Trinajstić information content (AvgIpc) is 3.20. The molecule has 2 aromatic heterocycles. The Balaban J connectivity index is 1.39. The minimum absolute atomic E-state index is 0.0367. The SMILES string of the molecule is CC(=O)NCCNC(=O)c1cc(Oc2ccc3nc(N[C@@H]4CCCC[C@H]4O)sc3c2)ccn1. The molecule has 174 valence electrons. The van der Waals surface area contributed by atoms with Crippen molar-refractivity contribution in [2.24, 2.45) is 0 Å². The molecule has 1 aliphatic rings. The van der Waals surface area contributed by atoms with Gasteiger partial charge in [0.1, 0.15) is 17.2 Å². The number of rotatable bonds is 8. The third-order valence-corrected chi connectivity index (χ3v) is 6.33. The summed E-state index contributed by atoms with van der Waals surface area (Å²) in [5, 5.41) is 19.7. The second-order valence-corrected chi connectivity index (χ2v) is 9.00. The zero-order valence-corrected chi connectivity index (χ0v) is 19.2. The fourth-order valence-corrected chi connectivity index (χ4v) is 4.66. The number of fused-ring (bicyclic) bond motifs is 1. The molecule has 3 aromatic rings. The van der Waals surface area contributed by atoms with Crippen molar-refractivity contribution in [3.05, 3.63) is 42.2 Å². The summed E-state index contributed by atoms with van der Waals surface area (Å²) in [7, 11) is 0. The van der Waals surface area contributed by atoms with Crippen molar-refractivity contribution >= 4 is 38.5 Å². The van der Waals surface area contributed by atoms with Crippen LogP contribution in [0.15, 0.2) is 36.5 Å². The molecule has 0 aliphatic heterocycles. The first-order chi connectivity index (χ1) is 16.0. The van der Waals surface area contributed by atoms with Gasteiger partial charge in [0.15, 0.2) is 5.13 Å². The maximum Gasteiger partial charge on any atom is 0.270 e. The third kappa shape index (κ3) is 6.17. The van der Waals surface area contributed by atoms with Gasteiger partial charge in [0, 0.05) is 38.3 Å². The molecular formula is C23H27N5O4S. The molecule has 1 saturated carbocycles. The number of aliphatic hydroxyl groups is 1. The summed E-state index contributed by atoms with van der Waals surface area (Å²) in [5.41, 5.74) is 1.08. The van der Waals surface area contributed by atoms with E-state index in [2.05, 4.69) is 25.9 Å². The van der Waals surface area contributed by atoms with Gasteiger partial charge < -0.3 is 25.8 Å². The third-order valence-electron chi connectivity index (χ3n) is 5.38. The number of nitrogens with one attached hydrogen (secondary N) is 3. The molecule has 0 saturated heterocycles. The fourth-order valence-electron chi connectivity index (χ4n) is 3.71. The topological polar surface area (TPSA) is 125 Å². The van der Waals surface area contributed by atoms with Crippen LogP contribution < -0.4 is 20.7 Å². The van der Waals surface area contributed by atoms with Gasteiger partial charge in [0.2, 0.25) is 5.91 Å². The van der Waals surface area contributed by atoms with E-state index >= 15 is 0 Å². The lowest BCUT2D eigenvalue weighted by Gasteiger charge is -2.27. The van der Waals surface area contributed by atoms with Crippen LogP contribution in [0, 0.1) is 0 Å². The molecule has 4 N–H and O–H groups in total. The normalized spacial score (nSPS) is 18.0. The van der Waals surface area contributed by atoms with Gasteiger partial charge >= 0.3 is 0 Å². The fraction of sp³-hybridized carbons (Fsp3) is 0.391. The number of ether oxygens (including phenoxy) is 1. The molecule has 1 aliphatic carbocycles. The molecule has 4 rings (SSSR count). The number of carbonyl (C=O) groups excluding carboxylic acids is 2. The monoisotopic (exact) mass is 469 g/mol. The molecule has 2 atom stereocenters. The number of carbonyl (C=O) groups is 2. The van der Waals surface area contributed by atoms with Crippen LogP contribution in [0.25, 0.3) is 10.2 Å². The standard InChI is InChI=1S/C23H27N5O4S/c1-14(29)24-10-11-26-22(31)19-12-16(8-9-25-19)32-15-6-7-18-21(13-15)33-23(28-18)27-17-4-2-3-5-20(17)30/h6-9,12-13,17,20,30H,2-5,10-11H2,1H3,(H,24,29)(H,26,31)(H,27,28)/t17-,20-/m1/s1. The van der Waals surface area contributed by atoms with Crippen molar-refractivity contribution in [1.29, 1.82) is 0 Å². The van der Waals surface area contributed by atoms with Crippen molar-refractivity contribution in [3.8, 4) is 11.5 Å². The molecule has 0 bridgehead atoms. The van der Waals surface area contributed by atoms with Crippen LogP contribution in [-0.2, 0) is 4.79 Å². The van der Waals surface area contributed by atoms with Gasteiger partial charge in [-0.3, -0.25) is 14.6 Å². The Morgan fingerprint density at radius 1 is 1.12 bits per heavy atom. The van der Waals surface area contributed by atoms with Crippen LogP contribution in [0.3, 0.4) is 0 Å². The minimum Gasteiger partial charge on any atom is -0.457 e. The lowest BCUT2D eigenvalue weighted by Crippen LogP contribution is -2.36. The van der Waals surface area contributed by atoms with Gasteiger partial charge in [-0.05, 0) is 31.0 Å². The number of pyridine rings is 1. The van der Waals surface area contributed by atoms with E-state index < -0.39 is 0 Å². The molecule has 0 spiro atoms. The van der Waals surface area contributed by atoms with Crippen molar-refractivity contribution in [2.45, 2.75) is 44.8 Å². The molecular weight excluding hydrogens is 442 g/mol. The summed E-state index contributed by atoms with van der Waals surface area (Å²) in [5.74, 6) is 0.623. The molecule has 2 amide bonds. The Kier molecular flexibility index (Phi) is 7.36. The van der Waals surface area contributed by atoms with Gasteiger partial charge in [-0.1, -0.05) is 24.2 Å².